The third kappa shape index (κ3) is 1.97. The zero-order valence-electron chi connectivity index (χ0n) is 9.73. The quantitative estimate of drug-likeness (QED) is 0.773. The van der Waals surface area contributed by atoms with Crippen molar-refractivity contribution in [2.24, 2.45) is 0 Å². The molecule has 0 amide bonds. The van der Waals surface area contributed by atoms with E-state index >= 15 is 0 Å². The molecule has 4 heteroatoms. The summed E-state index contributed by atoms with van der Waals surface area (Å²) in [6, 6.07) is 3.30. The number of hydrogen-bond donors (Lipinski definition) is 0. The molecule has 0 saturated carbocycles. The van der Waals surface area contributed by atoms with Gasteiger partial charge in [-0.05, 0) is 42.3 Å². The Morgan fingerprint density at radius 2 is 2.33 bits per heavy atom. The molecule has 0 N–H and O–H groups in total. The molecule has 18 heavy (non-hydrogen) atoms. The molecule has 0 saturated heterocycles. The maximum atomic E-state index is 13.1. The number of nitrogens with zero attached hydrogens (tertiary/aromatic N) is 1. The van der Waals surface area contributed by atoms with E-state index in [0.717, 1.165) is 31.0 Å². The molecule has 3 rings (SSSR count). The maximum absolute atomic E-state index is 13.1. The van der Waals surface area contributed by atoms with Crippen LogP contribution in [0.2, 0.25) is 0 Å². The van der Waals surface area contributed by atoms with Gasteiger partial charge in [0, 0.05) is 22.6 Å². The third-order valence-electron chi connectivity index (χ3n) is 3.36. The second kappa shape index (κ2) is 4.61. The van der Waals surface area contributed by atoms with Gasteiger partial charge in [-0.2, -0.15) is 0 Å². The Morgan fingerprint density at radius 1 is 1.44 bits per heavy atom. The predicted octanol–water partition coefficient (Wildman–Crippen LogP) is 3.59. The first kappa shape index (κ1) is 11.5. The molecule has 1 aliphatic rings. The lowest BCUT2D eigenvalue weighted by Crippen LogP contribution is -2.17. The molecule has 1 aliphatic carbocycles. The molecular weight excluding hydrogens is 249 g/mol. The summed E-state index contributed by atoms with van der Waals surface area (Å²) in [5, 5.41) is 2.03. The standard InChI is InChI=1S/C14H12FNOS/c15-10-6-9(7-16-8-10)14(17)12-2-1-3-13-11(12)4-5-18-13/h4-8,12H,1-3H2. The molecule has 2 heterocycles. The van der Waals surface area contributed by atoms with Gasteiger partial charge in [-0.3, -0.25) is 9.78 Å². The van der Waals surface area contributed by atoms with Gasteiger partial charge in [0.1, 0.15) is 5.82 Å². The van der Waals surface area contributed by atoms with Crippen molar-refractivity contribution in [3.63, 3.8) is 0 Å². The van der Waals surface area contributed by atoms with Crippen molar-refractivity contribution in [2.45, 2.75) is 25.2 Å². The first-order chi connectivity index (χ1) is 8.75. The van der Waals surface area contributed by atoms with Crippen LogP contribution in [-0.4, -0.2) is 10.8 Å². The summed E-state index contributed by atoms with van der Waals surface area (Å²) in [6.07, 6.45) is 5.49. The largest absolute Gasteiger partial charge is 0.293 e. The van der Waals surface area contributed by atoms with Gasteiger partial charge >= 0.3 is 0 Å². The average molecular weight is 261 g/mol. The fraction of sp³-hybridized carbons (Fsp3) is 0.286. The number of aryl methyl sites for hydroxylation is 1. The summed E-state index contributed by atoms with van der Waals surface area (Å²) in [5.41, 5.74) is 1.50. The minimum atomic E-state index is -0.456. The maximum Gasteiger partial charge on any atom is 0.172 e. The Labute approximate surface area is 108 Å². The highest BCUT2D eigenvalue weighted by atomic mass is 32.1. The summed E-state index contributed by atoms with van der Waals surface area (Å²) >= 11 is 1.70. The molecule has 0 fully saturated rings. The second-order valence-electron chi connectivity index (χ2n) is 4.50. The normalized spacial score (nSPS) is 18.4. The van der Waals surface area contributed by atoms with Gasteiger partial charge in [0.2, 0.25) is 0 Å². The van der Waals surface area contributed by atoms with Crippen LogP contribution in [0.5, 0.6) is 0 Å². The van der Waals surface area contributed by atoms with Crippen LogP contribution >= 0.6 is 11.3 Å². The van der Waals surface area contributed by atoms with Gasteiger partial charge in [-0.25, -0.2) is 4.39 Å². The topological polar surface area (TPSA) is 30.0 Å². The molecule has 1 unspecified atom stereocenters. The van der Waals surface area contributed by atoms with Crippen molar-refractivity contribution in [3.05, 3.63) is 51.7 Å². The number of hydrogen-bond acceptors (Lipinski definition) is 3. The van der Waals surface area contributed by atoms with Crippen LogP contribution in [0.25, 0.3) is 0 Å². The lowest BCUT2D eigenvalue weighted by atomic mass is 9.83. The van der Waals surface area contributed by atoms with E-state index < -0.39 is 5.82 Å². The number of halogens is 1. The molecule has 0 aliphatic heterocycles. The van der Waals surface area contributed by atoms with Gasteiger partial charge in [0.15, 0.2) is 5.78 Å². The van der Waals surface area contributed by atoms with E-state index in [9.17, 15) is 9.18 Å². The van der Waals surface area contributed by atoms with Crippen LogP contribution in [0.15, 0.2) is 29.9 Å². The van der Waals surface area contributed by atoms with E-state index in [0.29, 0.717) is 5.56 Å². The smallest absolute Gasteiger partial charge is 0.172 e. The zero-order valence-corrected chi connectivity index (χ0v) is 10.5. The molecule has 92 valence electrons. The van der Waals surface area contributed by atoms with E-state index in [4.69, 9.17) is 0 Å². The Morgan fingerprint density at radius 3 is 3.17 bits per heavy atom. The highest BCUT2D eigenvalue weighted by Crippen LogP contribution is 2.36. The summed E-state index contributed by atoms with van der Waals surface area (Å²) in [5.74, 6) is -0.591. The molecule has 2 aromatic heterocycles. The Kier molecular flexibility index (Phi) is 2.96. The van der Waals surface area contributed by atoms with Crippen molar-refractivity contribution in [1.29, 1.82) is 0 Å². The van der Waals surface area contributed by atoms with Crippen LogP contribution < -0.4 is 0 Å². The summed E-state index contributed by atoms with van der Waals surface area (Å²) in [4.78, 5) is 17.5. The van der Waals surface area contributed by atoms with E-state index in [2.05, 4.69) is 4.98 Å². The SMILES string of the molecule is O=C(c1cncc(F)c1)C1CCCc2sccc21. The predicted molar refractivity (Wildman–Crippen MR) is 68.5 cm³/mol. The average Bonchev–Trinajstić information content (AvgIpc) is 2.86. The van der Waals surface area contributed by atoms with Gasteiger partial charge in [-0.15, -0.1) is 11.3 Å². The molecule has 1 atom stereocenters. The molecule has 0 bridgehead atoms. The van der Waals surface area contributed by atoms with Gasteiger partial charge in [-0.1, -0.05) is 0 Å². The van der Waals surface area contributed by atoms with Crippen molar-refractivity contribution in [3.8, 4) is 0 Å². The Balaban J connectivity index is 1.95. The van der Waals surface area contributed by atoms with Crippen molar-refractivity contribution in [2.75, 3.05) is 0 Å². The fourth-order valence-electron chi connectivity index (χ4n) is 2.51. The van der Waals surface area contributed by atoms with Gasteiger partial charge in [0.25, 0.3) is 0 Å². The number of carbonyl (C=O) groups is 1. The summed E-state index contributed by atoms with van der Waals surface area (Å²) < 4.78 is 13.1. The molecule has 0 radical (unpaired) electrons. The number of thiophene rings is 1. The number of aromatic nitrogens is 1. The lowest BCUT2D eigenvalue weighted by molar-refractivity contribution is 0.0950. The van der Waals surface area contributed by atoms with Gasteiger partial charge in [0.05, 0.1) is 6.20 Å². The molecule has 2 nitrogen and oxygen atoms in total. The van der Waals surface area contributed by atoms with Crippen LogP contribution in [-0.2, 0) is 6.42 Å². The molecule has 2 aromatic rings. The van der Waals surface area contributed by atoms with Crippen LogP contribution in [0, 0.1) is 5.82 Å². The lowest BCUT2D eigenvalue weighted by Gasteiger charge is -2.21. The third-order valence-corrected chi connectivity index (χ3v) is 4.35. The Hall–Kier alpha value is -1.55. The van der Waals surface area contributed by atoms with Crippen molar-refractivity contribution < 1.29 is 9.18 Å². The number of rotatable bonds is 2. The van der Waals surface area contributed by atoms with Crippen LogP contribution in [0.1, 0.15) is 39.6 Å². The molecule has 0 spiro atoms. The van der Waals surface area contributed by atoms with E-state index in [1.54, 1.807) is 11.3 Å². The van der Waals surface area contributed by atoms with Crippen LogP contribution in [0.4, 0.5) is 4.39 Å². The highest BCUT2D eigenvalue weighted by molar-refractivity contribution is 7.10. The second-order valence-corrected chi connectivity index (χ2v) is 5.50. The summed E-state index contributed by atoms with van der Waals surface area (Å²) in [6.45, 7) is 0. The Bertz CT molecular complexity index is 593. The first-order valence-corrected chi connectivity index (χ1v) is 6.84. The number of Topliss-reactive ketones (excluding diaryl/α,β-unsaturated/α-hetero) is 1. The first-order valence-electron chi connectivity index (χ1n) is 5.97. The number of ketones is 1. The fourth-order valence-corrected chi connectivity index (χ4v) is 3.49. The minimum Gasteiger partial charge on any atom is -0.293 e. The monoisotopic (exact) mass is 261 g/mol. The van der Waals surface area contributed by atoms with Crippen molar-refractivity contribution >= 4 is 17.1 Å². The molecular formula is C14H12FNOS. The van der Waals surface area contributed by atoms with Gasteiger partial charge < -0.3 is 0 Å². The molecule has 0 aromatic carbocycles. The highest BCUT2D eigenvalue weighted by Gasteiger charge is 2.28. The number of fused-ring (bicyclic) bond motifs is 1. The van der Waals surface area contributed by atoms with E-state index in [-0.39, 0.29) is 11.7 Å². The minimum absolute atomic E-state index is 0.0126. The van der Waals surface area contributed by atoms with Crippen molar-refractivity contribution in [1.82, 2.24) is 4.98 Å². The van der Waals surface area contributed by atoms with E-state index in [1.165, 1.54) is 17.1 Å². The number of carbonyl (C=O) groups excluding carboxylic acids is 1. The summed E-state index contributed by atoms with van der Waals surface area (Å²) in [7, 11) is 0. The van der Waals surface area contributed by atoms with E-state index in [1.807, 2.05) is 11.4 Å². The number of pyridine rings is 1. The van der Waals surface area contributed by atoms with Crippen LogP contribution in [0.3, 0.4) is 0 Å². The zero-order chi connectivity index (χ0) is 12.5.